The van der Waals surface area contributed by atoms with Gasteiger partial charge in [0.15, 0.2) is 6.61 Å². The molecule has 0 N–H and O–H groups in total. The lowest BCUT2D eigenvalue weighted by atomic mass is 10.1. The molecule has 0 aromatic heterocycles. The smallest absolute Gasteiger partial charge is 0.306 e. The number of carbonyl (C=O) groups excluding carboxylic acids is 2. The Morgan fingerprint density at radius 3 is 2.33 bits per heavy atom. The third-order valence-electron chi connectivity index (χ3n) is 5.10. The van der Waals surface area contributed by atoms with Gasteiger partial charge in [-0.05, 0) is 29.7 Å². The summed E-state index contributed by atoms with van der Waals surface area (Å²) in [7, 11) is 0. The number of benzene rings is 3. The third-order valence-corrected chi connectivity index (χ3v) is 6.24. The first-order valence-corrected chi connectivity index (χ1v) is 11.0. The quantitative estimate of drug-likeness (QED) is 0.527. The number of para-hydroxylation sites is 1. The molecule has 3 aromatic rings. The number of anilines is 1. The van der Waals surface area contributed by atoms with Crippen LogP contribution in [0.4, 0.5) is 5.69 Å². The van der Waals surface area contributed by atoms with Crippen LogP contribution >= 0.6 is 11.8 Å². The molecule has 0 radical (unpaired) electrons. The molecule has 3 aromatic carbocycles. The van der Waals surface area contributed by atoms with Gasteiger partial charge in [-0.25, -0.2) is 0 Å². The number of amides is 1. The lowest BCUT2D eigenvalue weighted by Crippen LogP contribution is -2.41. The summed E-state index contributed by atoms with van der Waals surface area (Å²) < 4.78 is 5.34. The van der Waals surface area contributed by atoms with Crippen LogP contribution in [0.15, 0.2) is 89.8 Å². The fourth-order valence-electron chi connectivity index (χ4n) is 3.59. The second-order valence-corrected chi connectivity index (χ2v) is 8.18. The summed E-state index contributed by atoms with van der Waals surface area (Å²) in [6.07, 6.45) is 0.857. The maximum Gasteiger partial charge on any atom is 0.306 e. The van der Waals surface area contributed by atoms with Gasteiger partial charge in [0.25, 0.3) is 5.91 Å². The van der Waals surface area contributed by atoms with E-state index in [1.54, 1.807) is 16.7 Å². The van der Waals surface area contributed by atoms with Gasteiger partial charge in [-0.15, -0.1) is 11.8 Å². The molecule has 1 atom stereocenters. The first kappa shape index (κ1) is 20.2. The summed E-state index contributed by atoms with van der Waals surface area (Å²) in [6.45, 7) is -0.254. The fraction of sp³-hybridized carbons (Fsp3) is 0.200. The molecule has 0 spiro atoms. The average Bonchev–Trinajstić information content (AvgIpc) is 2.81. The van der Waals surface area contributed by atoms with Gasteiger partial charge >= 0.3 is 5.97 Å². The van der Waals surface area contributed by atoms with Crippen molar-refractivity contribution in [3.63, 3.8) is 0 Å². The lowest BCUT2D eigenvalue weighted by Gasteiger charge is -2.37. The van der Waals surface area contributed by atoms with Crippen molar-refractivity contribution in [2.45, 2.75) is 23.8 Å². The number of aryl methyl sites for hydroxylation is 1. The van der Waals surface area contributed by atoms with E-state index < -0.39 is 0 Å². The molecule has 0 saturated carbocycles. The fourth-order valence-corrected chi connectivity index (χ4v) is 4.76. The third kappa shape index (κ3) is 4.74. The Bertz CT molecular complexity index is 1010. The summed E-state index contributed by atoms with van der Waals surface area (Å²) in [5.74, 6) is 0.196. The monoisotopic (exact) mass is 417 g/mol. The highest BCUT2D eigenvalue weighted by atomic mass is 32.2. The van der Waals surface area contributed by atoms with E-state index in [1.165, 1.54) is 0 Å². The number of thioether (sulfide) groups is 1. The molecule has 1 aliphatic heterocycles. The lowest BCUT2D eigenvalue weighted by molar-refractivity contribution is -0.147. The van der Waals surface area contributed by atoms with E-state index in [9.17, 15) is 9.59 Å². The summed E-state index contributed by atoms with van der Waals surface area (Å²) in [6, 6.07) is 27.6. The first-order valence-electron chi connectivity index (χ1n) is 10.0. The first-order chi connectivity index (χ1) is 14.7. The number of carbonyl (C=O) groups is 2. The van der Waals surface area contributed by atoms with E-state index in [4.69, 9.17) is 4.74 Å². The maximum atomic E-state index is 13.2. The molecule has 0 saturated heterocycles. The molecule has 1 amide bonds. The SMILES string of the molecule is O=C(CCc1ccccc1)OCC(=O)N1c2ccccc2SC[C@H]1c1ccccc1. The summed E-state index contributed by atoms with van der Waals surface area (Å²) in [5.41, 5.74) is 3.02. The van der Waals surface area contributed by atoms with Gasteiger partial charge in [-0.3, -0.25) is 14.5 Å². The van der Waals surface area contributed by atoms with Crippen LogP contribution < -0.4 is 4.90 Å². The van der Waals surface area contributed by atoms with Crippen LogP contribution in [-0.2, 0) is 20.7 Å². The van der Waals surface area contributed by atoms with Gasteiger partial charge in [-0.2, -0.15) is 0 Å². The molecule has 5 heteroatoms. The van der Waals surface area contributed by atoms with Crippen molar-refractivity contribution in [3.05, 3.63) is 96.1 Å². The maximum absolute atomic E-state index is 13.2. The van der Waals surface area contributed by atoms with Crippen LogP contribution in [0.1, 0.15) is 23.6 Å². The van der Waals surface area contributed by atoms with Gasteiger partial charge in [0, 0.05) is 17.1 Å². The molecular weight excluding hydrogens is 394 g/mol. The Labute approximate surface area is 180 Å². The number of rotatable bonds is 6. The normalized spacial score (nSPS) is 15.3. The zero-order chi connectivity index (χ0) is 20.8. The molecule has 152 valence electrons. The Hall–Kier alpha value is -3.05. The van der Waals surface area contributed by atoms with Crippen LogP contribution in [-0.4, -0.2) is 24.2 Å². The zero-order valence-corrected chi connectivity index (χ0v) is 17.4. The molecule has 1 heterocycles. The number of hydrogen-bond acceptors (Lipinski definition) is 4. The van der Waals surface area contributed by atoms with E-state index in [-0.39, 0.29) is 30.9 Å². The van der Waals surface area contributed by atoms with E-state index in [1.807, 2.05) is 84.9 Å². The molecule has 0 bridgehead atoms. The predicted octanol–water partition coefficient (Wildman–Crippen LogP) is 5.04. The number of nitrogens with zero attached hydrogens (tertiary/aromatic N) is 1. The zero-order valence-electron chi connectivity index (χ0n) is 16.6. The van der Waals surface area contributed by atoms with Gasteiger partial charge in [0.2, 0.25) is 0 Å². The molecular formula is C25H23NO3S. The molecule has 0 fully saturated rings. The molecule has 0 unspecified atom stereocenters. The second-order valence-electron chi connectivity index (χ2n) is 7.12. The number of ether oxygens (including phenoxy) is 1. The number of esters is 1. The van der Waals surface area contributed by atoms with E-state index in [2.05, 4.69) is 0 Å². The van der Waals surface area contributed by atoms with Crippen LogP contribution in [0, 0.1) is 0 Å². The van der Waals surface area contributed by atoms with E-state index >= 15 is 0 Å². The second kappa shape index (κ2) is 9.63. The van der Waals surface area contributed by atoms with E-state index in [0.29, 0.717) is 6.42 Å². The van der Waals surface area contributed by atoms with Crippen molar-refractivity contribution < 1.29 is 14.3 Å². The van der Waals surface area contributed by atoms with Gasteiger partial charge in [-0.1, -0.05) is 72.8 Å². The molecule has 4 rings (SSSR count). The molecule has 1 aliphatic rings. The Kier molecular flexibility index (Phi) is 6.50. The Balaban J connectivity index is 1.45. The van der Waals surface area contributed by atoms with Gasteiger partial charge in [0.1, 0.15) is 0 Å². The van der Waals surface area contributed by atoms with Gasteiger partial charge in [0.05, 0.1) is 11.7 Å². The minimum absolute atomic E-state index is 0.0957. The highest BCUT2D eigenvalue weighted by molar-refractivity contribution is 7.99. The molecule has 0 aliphatic carbocycles. The minimum Gasteiger partial charge on any atom is -0.456 e. The molecule has 30 heavy (non-hydrogen) atoms. The van der Waals surface area contributed by atoms with Crippen LogP contribution in [0.5, 0.6) is 0 Å². The van der Waals surface area contributed by atoms with Gasteiger partial charge < -0.3 is 4.74 Å². The summed E-state index contributed by atoms with van der Waals surface area (Å²) >= 11 is 1.74. The van der Waals surface area contributed by atoms with Crippen molar-refractivity contribution in [3.8, 4) is 0 Å². The van der Waals surface area contributed by atoms with Crippen molar-refractivity contribution in [1.82, 2.24) is 0 Å². The van der Waals surface area contributed by atoms with Crippen LogP contribution in [0.3, 0.4) is 0 Å². The van der Waals surface area contributed by atoms with Crippen molar-refractivity contribution in [2.75, 3.05) is 17.3 Å². The Morgan fingerprint density at radius 2 is 1.57 bits per heavy atom. The number of fused-ring (bicyclic) bond motifs is 1. The topological polar surface area (TPSA) is 46.6 Å². The van der Waals surface area contributed by atoms with Crippen molar-refractivity contribution in [2.24, 2.45) is 0 Å². The predicted molar refractivity (Wildman–Crippen MR) is 120 cm³/mol. The van der Waals surface area contributed by atoms with E-state index in [0.717, 1.165) is 27.5 Å². The molecule has 4 nitrogen and oxygen atoms in total. The summed E-state index contributed by atoms with van der Waals surface area (Å²) in [5, 5.41) is 0. The summed E-state index contributed by atoms with van der Waals surface area (Å²) in [4.78, 5) is 28.2. The average molecular weight is 418 g/mol. The highest BCUT2D eigenvalue weighted by Gasteiger charge is 2.32. The highest BCUT2D eigenvalue weighted by Crippen LogP contribution is 2.43. The minimum atomic E-state index is -0.358. The Morgan fingerprint density at radius 1 is 0.900 bits per heavy atom. The van der Waals surface area contributed by atoms with Crippen LogP contribution in [0.25, 0.3) is 0 Å². The van der Waals surface area contributed by atoms with Crippen molar-refractivity contribution in [1.29, 1.82) is 0 Å². The standard InChI is InChI=1S/C25H23NO3S/c27-24(17-29-25(28)16-15-19-9-3-1-4-10-19)26-21-13-7-8-14-23(21)30-18-22(26)20-11-5-2-6-12-20/h1-14,22H,15-18H2/t22-/m0/s1. The van der Waals surface area contributed by atoms with Crippen molar-refractivity contribution >= 4 is 29.3 Å². The number of hydrogen-bond donors (Lipinski definition) is 0. The van der Waals surface area contributed by atoms with Crippen LogP contribution in [0.2, 0.25) is 0 Å². The largest absolute Gasteiger partial charge is 0.456 e.